The van der Waals surface area contributed by atoms with Crippen LogP contribution in [-0.4, -0.2) is 48.6 Å². The summed E-state index contributed by atoms with van der Waals surface area (Å²) in [6.07, 6.45) is 1.39. The monoisotopic (exact) mass is 363 g/mol. The molecule has 0 radical (unpaired) electrons. The fourth-order valence-corrected chi connectivity index (χ4v) is 3.89. The van der Waals surface area contributed by atoms with Crippen LogP contribution in [0.5, 0.6) is 0 Å². The summed E-state index contributed by atoms with van der Waals surface area (Å²) in [5.74, 6) is -1.22. The van der Waals surface area contributed by atoms with E-state index in [9.17, 15) is 13.2 Å². The molecule has 1 rings (SSSR count). The maximum atomic E-state index is 12.5. The summed E-state index contributed by atoms with van der Waals surface area (Å²) in [4.78, 5) is 10.8. The van der Waals surface area contributed by atoms with Gasteiger partial charge in [-0.15, -0.1) is 6.58 Å². The van der Waals surface area contributed by atoms with E-state index in [2.05, 4.69) is 22.5 Å². The van der Waals surface area contributed by atoms with Gasteiger partial charge in [-0.05, 0) is 34.1 Å². The van der Waals surface area contributed by atoms with Crippen molar-refractivity contribution in [2.45, 2.75) is 4.90 Å². The van der Waals surface area contributed by atoms with Gasteiger partial charge >= 0.3 is 5.97 Å². The minimum atomic E-state index is -3.92. The number of aliphatic hydroxyl groups excluding tert-OH is 1. The second-order valence-electron chi connectivity index (χ2n) is 3.83. The van der Waals surface area contributed by atoms with E-state index in [1.165, 1.54) is 18.2 Å². The van der Waals surface area contributed by atoms with Crippen molar-refractivity contribution in [2.75, 3.05) is 19.7 Å². The maximum Gasteiger partial charge on any atom is 0.335 e. The van der Waals surface area contributed by atoms with Gasteiger partial charge in [0.2, 0.25) is 10.0 Å². The lowest BCUT2D eigenvalue weighted by molar-refractivity contribution is 0.0696. The largest absolute Gasteiger partial charge is 0.478 e. The molecule has 0 aliphatic carbocycles. The van der Waals surface area contributed by atoms with Crippen LogP contribution in [-0.2, 0) is 10.0 Å². The Kier molecular flexibility index (Phi) is 5.88. The van der Waals surface area contributed by atoms with Crippen molar-refractivity contribution in [3.63, 3.8) is 0 Å². The van der Waals surface area contributed by atoms with Gasteiger partial charge in [-0.2, -0.15) is 4.31 Å². The molecule has 0 saturated carbocycles. The van der Waals surface area contributed by atoms with Crippen LogP contribution < -0.4 is 0 Å². The van der Waals surface area contributed by atoms with E-state index < -0.39 is 16.0 Å². The normalized spacial score (nSPS) is 11.6. The molecule has 1 aromatic rings. The van der Waals surface area contributed by atoms with Gasteiger partial charge in [-0.25, -0.2) is 13.2 Å². The SMILES string of the molecule is C=CCN(CCO)S(=O)(=O)c1cc(C(=O)O)ccc1Br. The van der Waals surface area contributed by atoms with Crippen LogP contribution in [0.4, 0.5) is 0 Å². The number of carboxylic acid groups (broad SMARTS) is 1. The second kappa shape index (κ2) is 6.98. The van der Waals surface area contributed by atoms with Crippen LogP contribution in [0.1, 0.15) is 10.4 Å². The third-order valence-electron chi connectivity index (χ3n) is 2.48. The fourth-order valence-electron chi connectivity index (χ4n) is 1.54. The minimum Gasteiger partial charge on any atom is -0.478 e. The van der Waals surface area contributed by atoms with Crippen molar-refractivity contribution in [3.8, 4) is 0 Å². The predicted octanol–water partition coefficient (Wildman–Crippen LogP) is 1.32. The minimum absolute atomic E-state index is 0.0205. The number of nitrogens with zero attached hydrogens (tertiary/aromatic N) is 1. The quantitative estimate of drug-likeness (QED) is 0.712. The van der Waals surface area contributed by atoms with E-state index in [1.54, 1.807) is 0 Å². The molecule has 0 heterocycles. The number of rotatable bonds is 7. The van der Waals surface area contributed by atoms with Crippen LogP contribution in [0, 0.1) is 0 Å². The summed E-state index contributed by atoms with van der Waals surface area (Å²) in [6.45, 7) is 3.04. The van der Waals surface area contributed by atoms with E-state index in [0.29, 0.717) is 0 Å². The molecule has 0 unspecified atom stereocenters. The van der Waals surface area contributed by atoms with E-state index in [1.807, 2.05) is 0 Å². The molecule has 1 aromatic carbocycles. The molecule has 2 N–H and O–H groups in total. The number of halogens is 1. The molecule has 0 bridgehead atoms. The first kappa shape index (κ1) is 16.8. The number of carbonyl (C=O) groups is 1. The van der Waals surface area contributed by atoms with Crippen LogP contribution in [0.3, 0.4) is 0 Å². The highest BCUT2D eigenvalue weighted by Gasteiger charge is 2.26. The molecule has 6 nitrogen and oxygen atoms in total. The molecular formula is C12H14BrNO5S. The van der Waals surface area contributed by atoms with Gasteiger partial charge in [0.1, 0.15) is 0 Å². The molecule has 0 fully saturated rings. The number of hydrogen-bond donors (Lipinski definition) is 2. The summed E-state index contributed by atoms with van der Waals surface area (Å²) >= 11 is 3.10. The van der Waals surface area contributed by atoms with Gasteiger partial charge < -0.3 is 10.2 Å². The highest BCUT2D eigenvalue weighted by Crippen LogP contribution is 2.26. The van der Waals surface area contributed by atoms with E-state index in [4.69, 9.17) is 10.2 Å². The van der Waals surface area contributed by atoms with Gasteiger partial charge in [-0.3, -0.25) is 0 Å². The summed E-state index contributed by atoms with van der Waals surface area (Å²) < 4.78 is 26.2. The van der Waals surface area contributed by atoms with Crippen molar-refractivity contribution in [1.82, 2.24) is 4.31 Å². The lowest BCUT2D eigenvalue weighted by Gasteiger charge is -2.20. The Hall–Kier alpha value is -1.22. The molecule has 20 heavy (non-hydrogen) atoms. The van der Waals surface area contributed by atoms with Crippen LogP contribution in [0.2, 0.25) is 0 Å². The predicted molar refractivity (Wildman–Crippen MR) is 77.1 cm³/mol. The molecule has 0 atom stereocenters. The molecular weight excluding hydrogens is 350 g/mol. The summed E-state index contributed by atoms with van der Waals surface area (Å²) in [5.41, 5.74) is -0.130. The number of benzene rings is 1. The third kappa shape index (κ3) is 3.66. The van der Waals surface area contributed by atoms with Crippen LogP contribution in [0.25, 0.3) is 0 Å². The van der Waals surface area contributed by atoms with Crippen LogP contribution in [0.15, 0.2) is 40.2 Å². The van der Waals surface area contributed by atoms with Gasteiger partial charge in [0.25, 0.3) is 0 Å². The second-order valence-corrected chi connectivity index (χ2v) is 6.59. The Morgan fingerprint density at radius 3 is 2.60 bits per heavy atom. The lowest BCUT2D eigenvalue weighted by atomic mass is 10.2. The first-order valence-corrected chi connectivity index (χ1v) is 7.82. The van der Waals surface area contributed by atoms with Gasteiger partial charge in [-0.1, -0.05) is 6.08 Å². The van der Waals surface area contributed by atoms with E-state index >= 15 is 0 Å². The number of carboxylic acids is 1. The standard InChI is InChI=1S/C12H14BrNO5S/c1-2-5-14(6-7-15)20(18,19)11-8-9(12(16)17)3-4-10(11)13/h2-4,8,15H,1,5-7H2,(H,16,17). The fraction of sp³-hybridized carbons (Fsp3) is 0.250. The summed E-state index contributed by atoms with van der Waals surface area (Å²) in [5, 5.41) is 17.9. The molecule has 8 heteroatoms. The molecule has 0 amide bonds. The van der Waals surface area contributed by atoms with Gasteiger partial charge in [0.05, 0.1) is 17.1 Å². The van der Waals surface area contributed by atoms with Crippen molar-refractivity contribution < 1.29 is 23.4 Å². The Bertz CT molecular complexity index is 614. The molecule has 0 saturated heterocycles. The molecule has 0 aliphatic rings. The zero-order valence-corrected chi connectivity index (χ0v) is 12.9. The molecule has 110 valence electrons. The highest BCUT2D eigenvalue weighted by molar-refractivity contribution is 9.10. The molecule has 0 aliphatic heterocycles. The Morgan fingerprint density at radius 1 is 1.45 bits per heavy atom. The van der Waals surface area contributed by atoms with Crippen LogP contribution >= 0.6 is 15.9 Å². The van der Waals surface area contributed by atoms with Crippen molar-refractivity contribution in [3.05, 3.63) is 40.9 Å². The third-order valence-corrected chi connectivity index (χ3v) is 5.34. The number of aromatic carboxylic acids is 1. The molecule has 0 spiro atoms. The number of hydrogen-bond acceptors (Lipinski definition) is 4. The maximum absolute atomic E-state index is 12.5. The summed E-state index contributed by atoms with van der Waals surface area (Å²) in [7, 11) is -3.92. The van der Waals surface area contributed by atoms with E-state index in [0.717, 1.165) is 10.4 Å². The van der Waals surface area contributed by atoms with Gasteiger partial charge in [0.15, 0.2) is 0 Å². The zero-order valence-electron chi connectivity index (χ0n) is 10.5. The zero-order chi connectivity index (χ0) is 15.3. The first-order valence-electron chi connectivity index (χ1n) is 5.59. The molecule has 0 aromatic heterocycles. The number of aliphatic hydroxyl groups is 1. The highest BCUT2D eigenvalue weighted by atomic mass is 79.9. The average molecular weight is 364 g/mol. The van der Waals surface area contributed by atoms with Crippen molar-refractivity contribution in [2.24, 2.45) is 0 Å². The lowest BCUT2D eigenvalue weighted by Crippen LogP contribution is -2.34. The first-order chi connectivity index (χ1) is 9.34. The number of sulfonamides is 1. The Labute approximate surface area is 125 Å². The Balaban J connectivity index is 3.35. The van der Waals surface area contributed by atoms with Crippen molar-refractivity contribution >= 4 is 31.9 Å². The average Bonchev–Trinajstić information content (AvgIpc) is 2.38. The summed E-state index contributed by atoms with van der Waals surface area (Å²) in [6, 6.07) is 3.74. The Morgan fingerprint density at radius 2 is 2.10 bits per heavy atom. The smallest absolute Gasteiger partial charge is 0.335 e. The van der Waals surface area contributed by atoms with E-state index in [-0.39, 0.29) is 34.6 Å². The topological polar surface area (TPSA) is 94.9 Å². The van der Waals surface area contributed by atoms with Crippen molar-refractivity contribution in [1.29, 1.82) is 0 Å². The van der Waals surface area contributed by atoms with Gasteiger partial charge in [0, 0.05) is 17.6 Å².